The predicted molar refractivity (Wildman–Crippen MR) is 73.4 cm³/mol. The zero-order chi connectivity index (χ0) is 12.8. The van der Waals surface area contributed by atoms with Crippen LogP contribution in [-0.4, -0.2) is 38.1 Å². The third-order valence-electron chi connectivity index (χ3n) is 4.40. The average Bonchev–Trinajstić information content (AvgIpc) is 2.90. The molecular weight excluding hydrogens is 226 g/mol. The van der Waals surface area contributed by atoms with Crippen molar-refractivity contribution in [1.29, 1.82) is 0 Å². The van der Waals surface area contributed by atoms with E-state index >= 15 is 0 Å². The summed E-state index contributed by atoms with van der Waals surface area (Å²) < 4.78 is 0. The van der Waals surface area contributed by atoms with E-state index in [1.54, 1.807) is 0 Å². The Labute approximate surface area is 110 Å². The van der Waals surface area contributed by atoms with Crippen LogP contribution in [0.2, 0.25) is 0 Å². The van der Waals surface area contributed by atoms with Gasteiger partial charge in [0.15, 0.2) is 0 Å². The minimum Gasteiger partial charge on any atom is -0.355 e. The summed E-state index contributed by atoms with van der Waals surface area (Å²) >= 11 is 0. The molecule has 0 aromatic carbocycles. The largest absolute Gasteiger partial charge is 0.355 e. The standard InChI is InChI=1S/C14H27N3O/c1-11(12-4-7-15-8-5-12)9-14(18)17-10-13-3-2-6-16-13/h11-13,15-16H,2-10H2,1H3,(H,17,18). The zero-order valence-electron chi connectivity index (χ0n) is 11.5. The Kier molecular flexibility index (Phi) is 5.45. The van der Waals surface area contributed by atoms with Crippen LogP contribution in [0.5, 0.6) is 0 Å². The smallest absolute Gasteiger partial charge is 0.220 e. The number of hydrogen-bond donors (Lipinski definition) is 3. The SMILES string of the molecule is CC(CC(=O)NCC1CCCN1)C1CCNCC1. The minimum atomic E-state index is 0.231. The highest BCUT2D eigenvalue weighted by Gasteiger charge is 2.22. The lowest BCUT2D eigenvalue weighted by molar-refractivity contribution is -0.122. The molecule has 2 aliphatic rings. The number of carbonyl (C=O) groups is 1. The van der Waals surface area contributed by atoms with Crippen LogP contribution in [0.4, 0.5) is 0 Å². The van der Waals surface area contributed by atoms with Gasteiger partial charge in [-0.05, 0) is 57.2 Å². The van der Waals surface area contributed by atoms with Gasteiger partial charge < -0.3 is 16.0 Å². The van der Waals surface area contributed by atoms with E-state index in [2.05, 4.69) is 22.9 Å². The number of piperidine rings is 1. The first kappa shape index (κ1) is 13.8. The van der Waals surface area contributed by atoms with Crippen molar-refractivity contribution in [1.82, 2.24) is 16.0 Å². The Balaban J connectivity index is 1.62. The van der Waals surface area contributed by atoms with Gasteiger partial charge in [0, 0.05) is 19.0 Å². The lowest BCUT2D eigenvalue weighted by Crippen LogP contribution is -2.38. The van der Waals surface area contributed by atoms with Crippen molar-refractivity contribution in [3.8, 4) is 0 Å². The van der Waals surface area contributed by atoms with Crippen LogP contribution in [0.3, 0.4) is 0 Å². The van der Waals surface area contributed by atoms with Crippen molar-refractivity contribution in [3.63, 3.8) is 0 Å². The summed E-state index contributed by atoms with van der Waals surface area (Å²) in [5.74, 6) is 1.47. The summed E-state index contributed by atoms with van der Waals surface area (Å²) in [5.41, 5.74) is 0. The quantitative estimate of drug-likeness (QED) is 0.682. The Hall–Kier alpha value is -0.610. The Bertz CT molecular complexity index is 258. The highest BCUT2D eigenvalue weighted by atomic mass is 16.1. The molecule has 2 heterocycles. The van der Waals surface area contributed by atoms with E-state index in [9.17, 15) is 4.79 Å². The summed E-state index contributed by atoms with van der Waals surface area (Å²) in [5, 5.41) is 9.86. The maximum absolute atomic E-state index is 11.9. The Morgan fingerprint density at radius 2 is 2.06 bits per heavy atom. The fourth-order valence-electron chi connectivity index (χ4n) is 3.11. The fraction of sp³-hybridized carbons (Fsp3) is 0.929. The van der Waals surface area contributed by atoms with Gasteiger partial charge in [-0.3, -0.25) is 4.79 Å². The average molecular weight is 253 g/mol. The molecule has 4 nitrogen and oxygen atoms in total. The third kappa shape index (κ3) is 4.25. The topological polar surface area (TPSA) is 53.2 Å². The molecule has 1 amide bonds. The van der Waals surface area contributed by atoms with E-state index in [0.717, 1.165) is 32.1 Å². The first-order valence-corrected chi connectivity index (χ1v) is 7.46. The number of nitrogens with one attached hydrogen (secondary N) is 3. The summed E-state index contributed by atoms with van der Waals surface area (Å²) in [7, 11) is 0. The van der Waals surface area contributed by atoms with Gasteiger partial charge in [0.25, 0.3) is 0 Å². The summed E-state index contributed by atoms with van der Waals surface area (Å²) in [6, 6.07) is 0.503. The van der Waals surface area contributed by atoms with Crippen LogP contribution in [-0.2, 0) is 4.79 Å². The predicted octanol–water partition coefficient (Wildman–Crippen LogP) is 0.880. The van der Waals surface area contributed by atoms with Crippen LogP contribution >= 0.6 is 0 Å². The van der Waals surface area contributed by atoms with Crippen molar-refractivity contribution in [2.45, 2.75) is 45.1 Å². The van der Waals surface area contributed by atoms with Crippen LogP contribution in [0.1, 0.15) is 39.0 Å². The molecule has 0 saturated carbocycles. The molecule has 0 bridgehead atoms. The van der Waals surface area contributed by atoms with Gasteiger partial charge in [0.05, 0.1) is 0 Å². The van der Waals surface area contributed by atoms with Gasteiger partial charge >= 0.3 is 0 Å². The second-order valence-electron chi connectivity index (χ2n) is 5.87. The van der Waals surface area contributed by atoms with Crippen LogP contribution < -0.4 is 16.0 Å². The van der Waals surface area contributed by atoms with Crippen molar-refractivity contribution in [2.75, 3.05) is 26.2 Å². The van der Waals surface area contributed by atoms with E-state index in [4.69, 9.17) is 0 Å². The molecule has 104 valence electrons. The molecule has 2 fully saturated rings. The third-order valence-corrected chi connectivity index (χ3v) is 4.40. The van der Waals surface area contributed by atoms with Crippen LogP contribution in [0.15, 0.2) is 0 Å². The maximum atomic E-state index is 11.9. The normalized spacial score (nSPS) is 27.1. The minimum absolute atomic E-state index is 0.231. The highest BCUT2D eigenvalue weighted by molar-refractivity contribution is 5.76. The Morgan fingerprint density at radius 1 is 1.28 bits per heavy atom. The van der Waals surface area contributed by atoms with Crippen LogP contribution in [0, 0.1) is 11.8 Å². The molecular formula is C14H27N3O. The fourth-order valence-corrected chi connectivity index (χ4v) is 3.11. The lowest BCUT2D eigenvalue weighted by Gasteiger charge is -2.28. The molecule has 0 aliphatic carbocycles. The molecule has 0 aromatic rings. The van der Waals surface area contributed by atoms with Gasteiger partial charge in [-0.1, -0.05) is 6.92 Å². The van der Waals surface area contributed by atoms with E-state index in [1.165, 1.54) is 25.7 Å². The van der Waals surface area contributed by atoms with Gasteiger partial charge in [0.1, 0.15) is 0 Å². The first-order chi connectivity index (χ1) is 8.75. The van der Waals surface area contributed by atoms with Crippen molar-refractivity contribution in [3.05, 3.63) is 0 Å². The van der Waals surface area contributed by atoms with Gasteiger partial charge in [-0.2, -0.15) is 0 Å². The number of amides is 1. The van der Waals surface area contributed by atoms with E-state index in [1.807, 2.05) is 0 Å². The molecule has 2 unspecified atom stereocenters. The van der Waals surface area contributed by atoms with Crippen LogP contribution in [0.25, 0.3) is 0 Å². The number of carbonyl (C=O) groups excluding carboxylic acids is 1. The molecule has 0 spiro atoms. The van der Waals surface area contributed by atoms with Crippen molar-refractivity contribution in [2.24, 2.45) is 11.8 Å². The maximum Gasteiger partial charge on any atom is 0.220 e. The number of hydrogen-bond acceptors (Lipinski definition) is 3. The molecule has 0 radical (unpaired) electrons. The summed E-state index contributed by atoms with van der Waals surface area (Å²) in [6.45, 7) is 6.36. The Morgan fingerprint density at radius 3 is 2.72 bits per heavy atom. The second-order valence-corrected chi connectivity index (χ2v) is 5.87. The first-order valence-electron chi connectivity index (χ1n) is 7.46. The van der Waals surface area contributed by atoms with E-state index in [0.29, 0.717) is 18.4 Å². The van der Waals surface area contributed by atoms with Gasteiger partial charge in [-0.25, -0.2) is 0 Å². The molecule has 4 heteroatoms. The van der Waals surface area contributed by atoms with Crippen molar-refractivity contribution < 1.29 is 4.79 Å². The molecule has 2 rings (SSSR count). The van der Waals surface area contributed by atoms with Crippen molar-refractivity contribution >= 4 is 5.91 Å². The molecule has 3 N–H and O–H groups in total. The van der Waals surface area contributed by atoms with E-state index in [-0.39, 0.29) is 5.91 Å². The highest BCUT2D eigenvalue weighted by Crippen LogP contribution is 2.24. The summed E-state index contributed by atoms with van der Waals surface area (Å²) in [6.07, 6.45) is 5.57. The second kappa shape index (κ2) is 7.10. The summed E-state index contributed by atoms with van der Waals surface area (Å²) in [4.78, 5) is 11.9. The molecule has 2 aliphatic heterocycles. The monoisotopic (exact) mass is 253 g/mol. The zero-order valence-corrected chi connectivity index (χ0v) is 11.5. The molecule has 2 atom stereocenters. The van der Waals surface area contributed by atoms with Gasteiger partial charge in [-0.15, -0.1) is 0 Å². The molecule has 2 saturated heterocycles. The lowest BCUT2D eigenvalue weighted by atomic mass is 9.84. The van der Waals surface area contributed by atoms with E-state index < -0.39 is 0 Å². The molecule has 0 aromatic heterocycles. The number of rotatable bonds is 5. The molecule has 18 heavy (non-hydrogen) atoms. The van der Waals surface area contributed by atoms with Gasteiger partial charge in [0.2, 0.25) is 5.91 Å².